The predicted molar refractivity (Wildman–Crippen MR) is 66.4 cm³/mol. The molecule has 0 aromatic rings. The van der Waals surface area contributed by atoms with Crippen LogP contribution in [0.15, 0.2) is 0 Å². The Hall–Kier alpha value is -1.30. The highest BCUT2D eigenvalue weighted by Crippen LogP contribution is 2.11. The number of nitrogens with zero attached hydrogens (tertiary/aromatic N) is 1. The van der Waals surface area contributed by atoms with Gasteiger partial charge >= 0.3 is 12.0 Å². The molecule has 0 radical (unpaired) electrons. The molecule has 1 saturated heterocycles. The summed E-state index contributed by atoms with van der Waals surface area (Å²) in [6.07, 6.45) is 1.12. The van der Waals surface area contributed by atoms with Gasteiger partial charge in [0.05, 0.1) is 12.2 Å². The molecule has 0 saturated carbocycles. The smallest absolute Gasteiger partial charge is 0.326 e. The summed E-state index contributed by atoms with van der Waals surface area (Å²) in [4.78, 5) is 24.6. The Morgan fingerprint density at radius 2 is 1.94 bits per heavy atom. The van der Waals surface area contributed by atoms with Crippen LogP contribution >= 0.6 is 0 Å². The van der Waals surface area contributed by atoms with E-state index in [4.69, 9.17) is 9.84 Å². The van der Waals surface area contributed by atoms with E-state index in [1.54, 1.807) is 4.90 Å². The molecule has 2 N–H and O–H groups in total. The van der Waals surface area contributed by atoms with Crippen LogP contribution in [0.2, 0.25) is 0 Å². The maximum absolute atomic E-state index is 12.0. The van der Waals surface area contributed by atoms with E-state index in [2.05, 4.69) is 5.32 Å². The number of rotatable bonds is 4. The number of nitrogens with one attached hydrogen (secondary N) is 1. The van der Waals surface area contributed by atoms with Crippen molar-refractivity contribution < 1.29 is 19.4 Å². The normalized spacial score (nSPS) is 25.6. The lowest BCUT2D eigenvalue weighted by Gasteiger charge is -2.35. The van der Waals surface area contributed by atoms with Crippen LogP contribution in [-0.4, -0.2) is 53.3 Å². The van der Waals surface area contributed by atoms with E-state index in [0.717, 1.165) is 0 Å². The minimum Gasteiger partial charge on any atom is -0.480 e. The maximum atomic E-state index is 12.0. The zero-order valence-electron chi connectivity index (χ0n) is 11.2. The summed E-state index contributed by atoms with van der Waals surface area (Å²) in [6.45, 7) is 6.68. The van der Waals surface area contributed by atoms with Gasteiger partial charge in [0.1, 0.15) is 6.04 Å². The van der Waals surface area contributed by atoms with Gasteiger partial charge in [0.2, 0.25) is 0 Å². The molecule has 0 bridgehead atoms. The van der Waals surface area contributed by atoms with E-state index >= 15 is 0 Å². The lowest BCUT2D eigenvalue weighted by Crippen LogP contribution is -2.54. The van der Waals surface area contributed by atoms with Gasteiger partial charge in [-0.15, -0.1) is 0 Å². The fourth-order valence-corrected chi connectivity index (χ4v) is 2.13. The summed E-state index contributed by atoms with van der Waals surface area (Å²) in [5.74, 6) is -0.987. The second-order valence-corrected chi connectivity index (χ2v) is 4.79. The molecule has 104 valence electrons. The fraction of sp³-hybridized carbons (Fsp3) is 0.833. The summed E-state index contributed by atoms with van der Waals surface area (Å²) in [6, 6.07) is -1.13. The van der Waals surface area contributed by atoms with Crippen LogP contribution in [0.1, 0.15) is 33.6 Å². The van der Waals surface area contributed by atoms with Gasteiger partial charge in [0.15, 0.2) is 0 Å². The first-order valence-electron chi connectivity index (χ1n) is 6.37. The quantitative estimate of drug-likeness (QED) is 0.790. The zero-order chi connectivity index (χ0) is 13.7. The van der Waals surface area contributed by atoms with Crippen molar-refractivity contribution in [1.82, 2.24) is 10.2 Å². The average Bonchev–Trinajstić information content (AvgIpc) is 2.26. The first-order chi connectivity index (χ1) is 8.43. The molecular weight excluding hydrogens is 236 g/mol. The Labute approximate surface area is 107 Å². The van der Waals surface area contributed by atoms with Gasteiger partial charge in [0.25, 0.3) is 0 Å². The van der Waals surface area contributed by atoms with Crippen molar-refractivity contribution in [2.45, 2.75) is 51.9 Å². The lowest BCUT2D eigenvalue weighted by atomic mass is 10.1. The molecule has 1 aliphatic rings. The van der Waals surface area contributed by atoms with Gasteiger partial charge < -0.3 is 20.1 Å². The number of urea groups is 1. The second kappa shape index (κ2) is 6.58. The molecular formula is C12H22N2O4. The van der Waals surface area contributed by atoms with Crippen molar-refractivity contribution in [2.24, 2.45) is 0 Å². The molecule has 0 aliphatic carbocycles. The number of hydrogen-bond acceptors (Lipinski definition) is 3. The predicted octanol–water partition coefficient (Wildman–Crippen LogP) is 1.06. The Balaban J connectivity index is 2.55. The molecule has 0 unspecified atom stereocenters. The van der Waals surface area contributed by atoms with E-state index < -0.39 is 12.0 Å². The van der Waals surface area contributed by atoms with Gasteiger partial charge in [-0.1, -0.05) is 13.3 Å². The number of hydrogen-bond donors (Lipinski definition) is 2. The Morgan fingerprint density at radius 1 is 1.39 bits per heavy atom. The molecule has 6 heteroatoms. The molecule has 1 rings (SSSR count). The first-order valence-corrected chi connectivity index (χ1v) is 6.37. The van der Waals surface area contributed by atoms with E-state index in [0.29, 0.717) is 25.9 Å². The highest BCUT2D eigenvalue weighted by molar-refractivity contribution is 5.82. The minimum atomic E-state index is -0.987. The monoisotopic (exact) mass is 258 g/mol. The Morgan fingerprint density at radius 3 is 2.39 bits per heavy atom. The molecule has 18 heavy (non-hydrogen) atoms. The molecule has 0 spiro atoms. The first kappa shape index (κ1) is 14.8. The summed E-state index contributed by atoms with van der Waals surface area (Å²) in [5.41, 5.74) is 0. The van der Waals surface area contributed by atoms with Gasteiger partial charge in [-0.3, -0.25) is 0 Å². The molecule has 0 aromatic carbocycles. The fourth-order valence-electron chi connectivity index (χ4n) is 2.13. The molecule has 1 fully saturated rings. The van der Waals surface area contributed by atoms with Crippen molar-refractivity contribution in [3.8, 4) is 0 Å². The van der Waals surface area contributed by atoms with E-state index in [9.17, 15) is 9.59 Å². The van der Waals surface area contributed by atoms with Crippen molar-refractivity contribution in [3.63, 3.8) is 0 Å². The topological polar surface area (TPSA) is 78.9 Å². The average molecular weight is 258 g/mol. The third-order valence-electron chi connectivity index (χ3n) is 2.88. The SMILES string of the molecule is CCC[C@@H](NC(=O)N1C[C@@H](C)O[C@@H](C)C1)C(=O)O. The number of aliphatic carboxylic acids is 1. The van der Waals surface area contributed by atoms with Crippen LogP contribution in [0.3, 0.4) is 0 Å². The highest BCUT2D eigenvalue weighted by atomic mass is 16.5. The maximum Gasteiger partial charge on any atom is 0.326 e. The number of carboxylic acid groups (broad SMARTS) is 1. The van der Waals surface area contributed by atoms with Crippen LogP contribution in [0.5, 0.6) is 0 Å². The summed E-state index contributed by atoms with van der Waals surface area (Å²) >= 11 is 0. The molecule has 2 amide bonds. The number of morpholine rings is 1. The van der Waals surface area contributed by atoms with Gasteiger partial charge in [-0.2, -0.15) is 0 Å². The molecule has 1 aliphatic heterocycles. The number of ether oxygens (including phenoxy) is 1. The summed E-state index contributed by atoms with van der Waals surface area (Å²) in [5, 5.41) is 11.6. The Bertz CT molecular complexity index is 298. The molecule has 1 heterocycles. The third-order valence-corrected chi connectivity index (χ3v) is 2.88. The number of amides is 2. The van der Waals surface area contributed by atoms with Crippen molar-refractivity contribution >= 4 is 12.0 Å². The van der Waals surface area contributed by atoms with Crippen molar-refractivity contribution in [2.75, 3.05) is 13.1 Å². The third kappa shape index (κ3) is 4.18. The van der Waals surface area contributed by atoms with Crippen LogP contribution in [0.4, 0.5) is 4.79 Å². The standard InChI is InChI=1S/C12H22N2O4/c1-4-5-10(11(15)16)13-12(17)14-6-8(2)18-9(3)7-14/h8-10H,4-7H2,1-3H3,(H,13,17)(H,15,16)/t8-,9+,10-/m1/s1. The number of carbonyl (C=O) groups excluding carboxylic acids is 1. The van der Waals surface area contributed by atoms with Crippen LogP contribution in [-0.2, 0) is 9.53 Å². The van der Waals surface area contributed by atoms with Crippen LogP contribution in [0, 0.1) is 0 Å². The van der Waals surface area contributed by atoms with E-state index in [1.807, 2.05) is 20.8 Å². The van der Waals surface area contributed by atoms with Gasteiger partial charge in [-0.05, 0) is 20.3 Å². The molecule has 6 nitrogen and oxygen atoms in total. The lowest BCUT2D eigenvalue weighted by molar-refractivity contribution is -0.139. The number of carbonyl (C=O) groups is 2. The Kier molecular flexibility index (Phi) is 5.40. The molecule has 3 atom stereocenters. The highest BCUT2D eigenvalue weighted by Gasteiger charge is 2.28. The second-order valence-electron chi connectivity index (χ2n) is 4.79. The van der Waals surface area contributed by atoms with E-state index in [1.165, 1.54) is 0 Å². The van der Waals surface area contributed by atoms with Crippen LogP contribution in [0.25, 0.3) is 0 Å². The molecule has 0 aromatic heterocycles. The number of carboxylic acids is 1. The van der Waals surface area contributed by atoms with Crippen LogP contribution < -0.4 is 5.32 Å². The van der Waals surface area contributed by atoms with Crippen molar-refractivity contribution in [3.05, 3.63) is 0 Å². The van der Waals surface area contributed by atoms with Gasteiger partial charge in [-0.25, -0.2) is 9.59 Å². The largest absolute Gasteiger partial charge is 0.480 e. The zero-order valence-corrected chi connectivity index (χ0v) is 11.2. The van der Waals surface area contributed by atoms with E-state index in [-0.39, 0.29) is 18.2 Å². The summed E-state index contributed by atoms with van der Waals surface area (Å²) < 4.78 is 5.53. The summed E-state index contributed by atoms with van der Waals surface area (Å²) in [7, 11) is 0. The van der Waals surface area contributed by atoms with Crippen molar-refractivity contribution in [1.29, 1.82) is 0 Å². The minimum absolute atomic E-state index is 0.0195. The van der Waals surface area contributed by atoms with Gasteiger partial charge in [0, 0.05) is 13.1 Å².